The Labute approximate surface area is 232 Å². The highest BCUT2D eigenvalue weighted by Crippen LogP contribution is 2.29. The van der Waals surface area contributed by atoms with Crippen LogP contribution in [-0.4, -0.2) is 51.2 Å². The van der Waals surface area contributed by atoms with Crippen LogP contribution in [0.4, 0.5) is 0 Å². The highest BCUT2D eigenvalue weighted by molar-refractivity contribution is 7.86. The van der Waals surface area contributed by atoms with Crippen molar-refractivity contribution < 1.29 is 17.4 Å². The lowest BCUT2D eigenvalue weighted by Crippen LogP contribution is -2.38. The molecule has 0 aromatic heterocycles. The van der Waals surface area contributed by atoms with Gasteiger partial charge in [-0.25, -0.2) is 0 Å². The monoisotopic (exact) mass is 556 g/mol. The second-order valence-corrected chi connectivity index (χ2v) is 12.1. The van der Waals surface area contributed by atoms with Crippen molar-refractivity contribution in [2.45, 2.75) is 51.0 Å². The molecule has 0 atom stereocenters. The topological polar surface area (TPSA) is 75.7 Å². The molecule has 8 heteroatoms. The van der Waals surface area contributed by atoms with Crippen molar-refractivity contribution in [1.29, 1.82) is 0 Å². The molecule has 0 bridgehead atoms. The van der Waals surface area contributed by atoms with Gasteiger partial charge in [0.05, 0.1) is 6.26 Å². The number of fused-ring (bicyclic) bond motifs is 2. The molecule has 1 fully saturated rings. The van der Waals surface area contributed by atoms with Crippen LogP contribution in [0.25, 0.3) is 10.8 Å². The molecule has 2 aliphatic rings. The molecule has 6 nitrogen and oxygen atoms in total. The van der Waals surface area contributed by atoms with Crippen molar-refractivity contribution in [1.82, 2.24) is 10.2 Å². The number of benzene rings is 3. The normalized spacial score (nSPS) is 20.1. The van der Waals surface area contributed by atoms with E-state index < -0.39 is 10.1 Å². The van der Waals surface area contributed by atoms with Crippen LogP contribution in [0.3, 0.4) is 0 Å². The van der Waals surface area contributed by atoms with Crippen LogP contribution in [0.5, 0.6) is 5.75 Å². The summed E-state index contributed by atoms with van der Waals surface area (Å²) >= 11 is 0. The van der Waals surface area contributed by atoms with E-state index in [1.165, 1.54) is 17.5 Å². The fraction of sp³-hybridized carbons (Fsp3) is 0.433. The number of carbonyl (C=O) groups is 1. The SMILES string of the molecule is CS(=O)(=O)Oc1ccc2c(c1)CCN(CCC1CCC(NC(=O)c3cccc4ccccc34)CC1)CC2.Cl. The van der Waals surface area contributed by atoms with Crippen LogP contribution < -0.4 is 9.50 Å². The smallest absolute Gasteiger partial charge is 0.306 e. The summed E-state index contributed by atoms with van der Waals surface area (Å²) in [4.78, 5) is 15.5. The third-order valence-corrected chi connectivity index (χ3v) is 8.39. The van der Waals surface area contributed by atoms with Crippen LogP contribution in [0.2, 0.25) is 0 Å². The molecule has 0 spiro atoms. The number of nitrogens with zero attached hydrogens (tertiary/aromatic N) is 1. The van der Waals surface area contributed by atoms with Gasteiger partial charge in [-0.2, -0.15) is 8.42 Å². The van der Waals surface area contributed by atoms with Gasteiger partial charge in [-0.3, -0.25) is 4.79 Å². The minimum Gasteiger partial charge on any atom is -0.383 e. The lowest BCUT2D eigenvalue weighted by Gasteiger charge is -2.31. The molecule has 3 aromatic rings. The molecule has 5 rings (SSSR count). The van der Waals surface area contributed by atoms with E-state index >= 15 is 0 Å². The van der Waals surface area contributed by atoms with Crippen LogP contribution in [0, 0.1) is 5.92 Å². The molecule has 1 saturated carbocycles. The van der Waals surface area contributed by atoms with E-state index in [0.29, 0.717) is 11.7 Å². The second-order valence-electron chi connectivity index (χ2n) is 10.6. The average molecular weight is 557 g/mol. The molecule has 38 heavy (non-hydrogen) atoms. The molecule has 1 amide bonds. The Kier molecular flexibility index (Phi) is 9.34. The van der Waals surface area contributed by atoms with Gasteiger partial charge in [-0.15, -0.1) is 12.4 Å². The number of carbonyl (C=O) groups excluding carboxylic acids is 1. The summed E-state index contributed by atoms with van der Waals surface area (Å²) in [6.45, 7) is 3.08. The van der Waals surface area contributed by atoms with Gasteiger partial charge in [0.1, 0.15) is 5.75 Å². The number of amides is 1. The molecular weight excluding hydrogens is 520 g/mol. The van der Waals surface area contributed by atoms with Gasteiger partial charge in [0, 0.05) is 24.7 Å². The Morgan fingerprint density at radius 2 is 1.66 bits per heavy atom. The summed E-state index contributed by atoms with van der Waals surface area (Å²) in [6.07, 6.45) is 8.52. The van der Waals surface area contributed by atoms with Crippen molar-refractivity contribution in [2.75, 3.05) is 25.9 Å². The maximum Gasteiger partial charge on any atom is 0.306 e. The van der Waals surface area contributed by atoms with Crippen LogP contribution in [0.1, 0.15) is 53.6 Å². The fourth-order valence-electron chi connectivity index (χ4n) is 5.85. The second kappa shape index (κ2) is 12.5. The highest BCUT2D eigenvalue weighted by atomic mass is 35.5. The zero-order valence-electron chi connectivity index (χ0n) is 21.9. The molecule has 0 radical (unpaired) electrons. The summed E-state index contributed by atoms with van der Waals surface area (Å²) < 4.78 is 28.0. The summed E-state index contributed by atoms with van der Waals surface area (Å²) in [5, 5.41) is 5.40. The Morgan fingerprint density at radius 1 is 0.947 bits per heavy atom. The number of halogens is 1. The van der Waals surface area contributed by atoms with Gasteiger partial charge in [0.25, 0.3) is 5.91 Å². The summed E-state index contributed by atoms with van der Waals surface area (Å²) in [5.41, 5.74) is 3.23. The van der Waals surface area contributed by atoms with Gasteiger partial charge in [-0.05, 0) is 97.5 Å². The van der Waals surface area contributed by atoms with Crippen molar-refractivity contribution >= 4 is 39.2 Å². The quantitative estimate of drug-likeness (QED) is 0.395. The molecular formula is C30H37ClN2O4S. The van der Waals surface area contributed by atoms with Gasteiger partial charge in [0.15, 0.2) is 0 Å². The maximum atomic E-state index is 13.0. The molecule has 1 aliphatic carbocycles. The highest BCUT2D eigenvalue weighted by Gasteiger charge is 2.24. The predicted octanol–water partition coefficient (Wildman–Crippen LogP) is 5.38. The van der Waals surface area contributed by atoms with E-state index in [1.807, 2.05) is 54.6 Å². The van der Waals surface area contributed by atoms with Crippen molar-refractivity contribution in [3.05, 3.63) is 77.4 Å². The molecule has 3 aromatic carbocycles. The lowest BCUT2D eigenvalue weighted by atomic mass is 9.84. The Bertz CT molecular complexity index is 1360. The average Bonchev–Trinajstić information content (AvgIpc) is 3.09. The van der Waals surface area contributed by atoms with E-state index in [4.69, 9.17) is 4.18 Å². The molecule has 0 saturated heterocycles. The Hall–Kier alpha value is -2.61. The van der Waals surface area contributed by atoms with E-state index in [-0.39, 0.29) is 24.4 Å². The Morgan fingerprint density at radius 3 is 2.42 bits per heavy atom. The number of hydrogen-bond acceptors (Lipinski definition) is 5. The molecule has 1 aliphatic heterocycles. The first kappa shape index (κ1) is 28.4. The van der Waals surface area contributed by atoms with Crippen LogP contribution >= 0.6 is 12.4 Å². The molecule has 1 heterocycles. The molecule has 204 valence electrons. The number of hydrogen-bond donors (Lipinski definition) is 1. The predicted molar refractivity (Wildman–Crippen MR) is 155 cm³/mol. The van der Waals surface area contributed by atoms with Crippen molar-refractivity contribution in [3.63, 3.8) is 0 Å². The molecule has 1 N–H and O–H groups in total. The standard InChI is InChI=1S/C30H36N2O4S.ClH/c1-37(34,35)36-27-14-11-23-16-19-32(20-17-25(23)21-27)18-15-22-9-12-26(13-10-22)31-30(33)29-8-4-6-24-5-2-3-7-28(24)29;/h2-8,11,14,21-22,26H,9-10,12-13,15-20H2,1H3,(H,31,33);1H. The summed E-state index contributed by atoms with van der Waals surface area (Å²) in [5.74, 6) is 1.14. The zero-order valence-corrected chi connectivity index (χ0v) is 23.5. The van der Waals surface area contributed by atoms with E-state index in [1.54, 1.807) is 6.07 Å². The number of nitrogens with one attached hydrogen (secondary N) is 1. The third kappa shape index (κ3) is 7.28. The minimum atomic E-state index is -3.51. The maximum absolute atomic E-state index is 13.0. The Balaban J connectivity index is 0.00000336. The van der Waals surface area contributed by atoms with E-state index in [2.05, 4.69) is 10.2 Å². The van der Waals surface area contributed by atoms with Gasteiger partial charge in [0.2, 0.25) is 0 Å². The van der Waals surface area contributed by atoms with Crippen LogP contribution in [0.15, 0.2) is 60.7 Å². The molecule has 0 unspecified atom stereocenters. The first-order valence-corrected chi connectivity index (χ1v) is 15.2. The summed E-state index contributed by atoms with van der Waals surface area (Å²) in [7, 11) is -3.51. The lowest BCUT2D eigenvalue weighted by molar-refractivity contribution is 0.0921. The van der Waals surface area contributed by atoms with Gasteiger partial charge in [-0.1, -0.05) is 42.5 Å². The third-order valence-electron chi connectivity index (χ3n) is 7.89. The number of rotatable bonds is 7. The fourth-order valence-corrected chi connectivity index (χ4v) is 6.30. The van der Waals surface area contributed by atoms with Crippen molar-refractivity contribution in [2.24, 2.45) is 5.92 Å². The van der Waals surface area contributed by atoms with Gasteiger partial charge >= 0.3 is 10.1 Å². The van der Waals surface area contributed by atoms with E-state index in [0.717, 1.165) is 80.8 Å². The summed E-state index contributed by atoms with van der Waals surface area (Å²) in [6, 6.07) is 19.9. The van der Waals surface area contributed by atoms with E-state index in [9.17, 15) is 13.2 Å². The first-order chi connectivity index (χ1) is 17.8. The van der Waals surface area contributed by atoms with Gasteiger partial charge < -0.3 is 14.4 Å². The minimum absolute atomic E-state index is 0. The largest absolute Gasteiger partial charge is 0.383 e. The zero-order chi connectivity index (χ0) is 25.8. The van der Waals surface area contributed by atoms with Crippen molar-refractivity contribution in [3.8, 4) is 5.75 Å². The first-order valence-electron chi connectivity index (χ1n) is 13.4. The van der Waals surface area contributed by atoms with Crippen LogP contribution in [-0.2, 0) is 23.0 Å².